The van der Waals surface area contributed by atoms with Crippen molar-refractivity contribution in [3.63, 3.8) is 0 Å². The summed E-state index contributed by atoms with van der Waals surface area (Å²) in [5, 5.41) is 0. The minimum absolute atomic E-state index is 0.0145. The van der Waals surface area contributed by atoms with Gasteiger partial charge in [-0.15, -0.1) is 0 Å². The number of carbonyl (C=O) groups is 2. The molecular formula is C25H29N3O4. The monoisotopic (exact) mass is 435 g/mol. The summed E-state index contributed by atoms with van der Waals surface area (Å²) in [6.07, 6.45) is 1.49. The molecule has 168 valence electrons. The minimum Gasteiger partial charge on any atom is -0.491 e. The molecule has 3 aliphatic heterocycles. The highest BCUT2D eigenvalue weighted by Crippen LogP contribution is 2.27. The molecule has 0 atom stereocenters. The molecule has 2 fully saturated rings. The van der Waals surface area contributed by atoms with E-state index in [1.54, 1.807) is 4.90 Å². The summed E-state index contributed by atoms with van der Waals surface area (Å²) in [6.45, 7) is 6.61. The van der Waals surface area contributed by atoms with Crippen molar-refractivity contribution < 1.29 is 19.1 Å². The summed E-state index contributed by atoms with van der Waals surface area (Å²) in [7, 11) is 0. The Balaban J connectivity index is 1.29. The molecule has 7 nitrogen and oxygen atoms in total. The van der Waals surface area contributed by atoms with Crippen molar-refractivity contribution in [2.45, 2.75) is 25.9 Å². The molecule has 0 spiro atoms. The van der Waals surface area contributed by atoms with Crippen LogP contribution in [0.4, 0.5) is 5.69 Å². The number of anilines is 1. The quantitative estimate of drug-likeness (QED) is 0.739. The molecule has 2 amide bonds. The summed E-state index contributed by atoms with van der Waals surface area (Å²) in [5.41, 5.74) is 3.76. The predicted molar refractivity (Wildman–Crippen MR) is 121 cm³/mol. The van der Waals surface area contributed by atoms with Crippen LogP contribution in [0.2, 0.25) is 0 Å². The Kier molecular flexibility index (Phi) is 6.10. The van der Waals surface area contributed by atoms with Crippen LogP contribution >= 0.6 is 0 Å². The maximum atomic E-state index is 13.2. The molecule has 0 saturated carbocycles. The lowest BCUT2D eigenvalue weighted by atomic mass is 10.1. The Labute approximate surface area is 188 Å². The number of benzene rings is 2. The fourth-order valence-corrected chi connectivity index (χ4v) is 4.62. The van der Waals surface area contributed by atoms with Crippen molar-refractivity contribution in [3.05, 3.63) is 59.2 Å². The van der Waals surface area contributed by atoms with Gasteiger partial charge in [0, 0.05) is 56.0 Å². The zero-order valence-corrected chi connectivity index (χ0v) is 18.3. The van der Waals surface area contributed by atoms with Crippen LogP contribution in [0.15, 0.2) is 42.5 Å². The van der Waals surface area contributed by atoms with Crippen LogP contribution < -0.4 is 9.64 Å². The van der Waals surface area contributed by atoms with Crippen LogP contribution in [-0.2, 0) is 22.6 Å². The number of hydrogen-bond acceptors (Lipinski definition) is 5. The number of amides is 2. The Bertz CT molecular complexity index is 985. The Hall–Kier alpha value is -2.90. The van der Waals surface area contributed by atoms with Crippen molar-refractivity contribution in [1.82, 2.24) is 9.80 Å². The number of rotatable bonds is 4. The largest absolute Gasteiger partial charge is 0.491 e. The van der Waals surface area contributed by atoms with E-state index in [0.717, 1.165) is 62.8 Å². The molecule has 0 radical (unpaired) electrons. The van der Waals surface area contributed by atoms with Gasteiger partial charge in [-0.05, 0) is 48.4 Å². The molecule has 0 aliphatic carbocycles. The van der Waals surface area contributed by atoms with E-state index in [9.17, 15) is 9.59 Å². The summed E-state index contributed by atoms with van der Waals surface area (Å²) in [5.74, 6) is 0.992. The van der Waals surface area contributed by atoms with Gasteiger partial charge in [0.05, 0.1) is 19.8 Å². The van der Waals surface area contributed by atoms with E-state index >= 15 is 0 Å². The number of carbonyl (C=O) groups excluding carboxylic acids is 2. The second kappa shape index (κ2) is 9.30. The first-order valence-electron chi connectivity index (χ1n) is 11.4. The van der Waals surface area contributed by atoms with Gasteiger partial charge in [-0.1, -0.05) is 6.07 Å². The van der Waals surface area contributed by atoms with Crippen LogP contribution in [0.5, 0.6) is 5.75 Å². The maximum absolute atomic E-state index is 13.2. The van der Waals surface area contributed by atoms with Gasteiger partial charge < -0.3 is 19.3 Å². The first kappa shape index (κ1) is 21.0. The third-order valence-corrected chi connectivity index (χ3v) is 6.40. The molecule has 3 aliphatic rings. The van der Waals surface area contributed by atoms with Crippen molar-refractivity contribution in [2.75, 3.05) is 50.9 Å². The fourth-order valence-electron chi connectivity index (χ4n) is 4.62. The van der Waals surface area contributed by atoms with Crippen LogP contribution in [0.3, 0.4) is 0 Å². The highest BCUT2D eigenvalue weighted by atomic mass is 16.5. The smallest absolute Gasteiger partial charge is 0.254 e. The fraction of sp³-hybridized carbons (Fsp3) is 0.440. The number of nitrogens with zero attached hydrogens (tertiary/aromatic N) is 3. The molecule has 0 unspecified atom stereocenters. The molecule has 0 aromatic heterocycles. The summed E-state index contributed by atoms with van der Waals surface area (Å²) in [6, 6.07) is 13.7. The number of fused-ring (bicyclic) bond motifs is 1. The standard InChI is InChI=1S/C25H29N3O4/c29-24-2-1-9-28(24)22-6-4-20(5-7-22)25(30)27-12-15-32-23-8-3-19(16-21(23)18-27)17-26-10-13-31-14-11-26/h3-8,16H,1-2,9-15,17-18H2. The summed E-state index contributed by atoms with van der Waals surface area (Å²) >= 11 is 0. The average molecular weight is 436 g/mol. The Morgan fingerprint density at radius 3 is 2.50 bits per heavy atom. The normalized spacial score (nSPS) is 19.4. The topological polar surface area (TPSA) is 62.3 Å². The molecule has 0 N–H and O–H groups in total. The van der Waals surface area contributed by atoms with E-state index in [1.807, 2.05) is 35.2 Å². The molecule has 2 saturated heterocycles. The van der Waals surface area contributed by atoms with Crippen molar-refractivity contribution in [3.8, 4) is 5.75 Å². The molecule has 32 heavy (non-hydrogen) atoms. The van der Waals surface area contributed by atoms with E-state index in [0.29, 0.717) is 31.7 Å². The summed E-state index contributed by atoms with van der Waals surface area (Å²) < 4.78 is 11.4. The first-order valence-corrected chi connectivity index (χ1v) is 11.4. The second-order valence-electron chi connectivity index (χ2n) is 8.60. The molecule has 2 aromatic rings. The van der Waals surface area contributed by atoms with E-state index in [1.165, 1.54) is 5.56 Å². The number of hydrogen-bond donors (Lipinski definition) is 0. The molecule has 3 heterocycles. The lowest BCUT2D eigenvalue weighted by Gasteiger charge is -2.27. The van der Waals surface area contributed by atoms with Gasteiger partial charge in [-0.3, -0.25) is 14.5 Å². The van der Waals surface area contributed by atoms with E-state index < -0.39 is 0 Å². The lowest BCUT2D eigenvalue weighted by Crippen LogP contribution is -2.35. The Morgan fingerprint density at radius 1 is 0.938 bits per heavy atom. The van der Waals surface area contributed by atoms with Crippen LogP contribution in [0, 0.1) is 0 Å². The van der Waals surface area contributed by atoms with E-state index in [-0.39, 0.29) is 11.8 Å². The number of morpholine rings is 1. The van der Waals surface area contributed by atoms with Crippen molar-refractivity contribution in [1.29, 1.82) is 0 Å². The van der Waals surface area contributed by atoms with Crippen molar-refractivity contribution in [2.24, 2.45) is 0 Å². The average Bonchev–Trinajstić information content (AvgIpc) is 3.14. The van der Waals surface area contributed by atoms with Gasteiger partial charge in [-0.2, -0.15) is 0 Å². The molecule has 0 bridgehead atoms. The number of ether oxygens (including phenoxy) is 2. The van der Waals surface area contributed by atoms with E-state index in [4.69, 9.17) is 9.47 Å². The zero-order valence-electron chi connectivity index (χ0n) is 18.3. The summed E-state index contributed by atoms with van der Waals surface area (Å²) in [4.78, 5) is 31.2. The van der Waals surface area contributed by atoms with Gasteiger partial charge in [0.2, 0.25) is 5.91 Å². The highest BCUT2D eigenvalue weighted by molar-refractivity contribution is 5.97. The SMILES string of the molecule is O=C(c1ccc(N2CCCC2=O)cc1)N1CCOc2ccc(CN3CCOCC3)cc2C1. The van der Waals surface area contributed by atoms with Gasteiger partial charge in [0.25, 0.3) is 5.91 Å². The molecular weight excluding hydrogens is 406 g/mol. The van der Waals surface area contributed by atoms with Gasteiger partial charge in [-0.25, -0.2) is 0 Å². The molecule has 2 aromatic carbocycles. The van der Waals surface area contributed by atoms with Crippen LogP contribution in [0.1, 0.15) is 34.3 Å². The molecule has 5 rings (SSSR count). The van der Waals surface area contributed by atoms with Gasteiger partial charge in [0.15, 0.2) is 0 Å². The van der Waals surface area contributed by atoms with E-state index in [2.05, 4.69) is 17.0 Å². The highest BCUT2D eigenvalue weighted by Gasteiger charge is 2.24. The zero-order chi connectivity index (χ0) is 21.9. The van der Waals surface area contributed by atoms with Crippen molar-refractivity contribution >= 4 is 17.5 Å². The molecule has 7 heteroatoms. The second-order valence-corrected chi connectivity index (χ2v) is 8.60. The minimum atomic E-state index is -0.0145. The Morgan fingerprint density at radius 2 is 1.75 bits per heavy atom. The van der Waals surface area contributed by atoms with Gasteiger partial charge >= 0.3 is 0 Å². The first-order chi connectivity index (χ1) is 15.7. The third-order valence-electron chi connectivity index (χ3n) is 6.40. The maximum Gasteiger partial charge on any atom is 0.254 e. The third kappa shape index (κ3) is 4.49. The predicted octanol–water partition coefficient (Wildman–Crippen LogP) is 2.68. The van der Waals surface area contributed by atoms with Crippen LogP contribution in [0.25, 0.3) is 0 Å². The lowest BCUT2D eigenvalue weighted by molar-refractivity contribution is -0.117. The van der Waals surface area contributed by atoms with Crippen LogP contribution in [-0.4, -0.2) is 67.6 Å². The van der Waals surface area contributed by atoms with Gasteiger partial charge in [0.1, 0.15) is 12.4 Å².